The van der Waals surface area contributed by atoms with E-state index in [1.165, 1.54) is 35.8 Å². The van der Waals surface area contributed by atoms with Crippen LogP contribution >= 0.6 is 22.9 Å². The van der Waals surface area contributed by atoms with Crippen molar-refractivity contribution >= 4 is 62.8 Å². The number of methoxy groups -OCH3 is 1. The molecule has 4 aliphatic rings. The molecule has 1 aliphatic heterocycles. The van der Waals surface area contributed by atoms with Gasteiger partial charge in [0.25, 0.3) is 0 Å². The van der Waals surface area contributed by atoms with Crippen LogP contribution in [0.1, 0.15) is 66.7 Å². The molecule has 300 valence electrons. The summed E-state index contributed by atoms with van der Waals surface area (Å²) in [5.74, 6) is -0.877. The van der Waals surface area contributed by atoms with Gasteiger partial charge in [-0.25, -0.2) is 14.6 Å². The standard InChI is InChI=1S/C39H48ClN7O8S/c1-8-21-16-39(21,35(50)51)44-32(48)26-14-23(17-47(26)34(49)31(38(4,5)6)43-37(52)55-22-12-19-11-20(19)13-22)54-28-15-25(33-45-46-36(56-33)41-18(2)3)42-30-24(28)9-10-27(53-7)29(30)40/h8-10,15,18-23,26,31H,1,11-14,16-17H2,2-7H3,(H,41,46)(H,43,52)(H,44,48)(H,50,51)/t19-,20+,21?,22?,23-,26?,31-,39-/m1/s1. The molecule has 8 atom stereocenters. The van der Waals surface area contributed by atoms with E-state index in [1.54, 1.807) is 18.2 Å². The first kappa shape index (κ1) is 39.5. The topological polar surface area (TPSA) is 194 Å². The quantitative estimate of drug-likeness (QED) is 0.155. The molecule has 0 spiro atoms. The Bertz CT molecular complexity index is 2060. The molecular formula is C39H48ClN7O8S. The number of alkyl carbamates (subject to hydrolysis) is 1. The number of aromatic nitrogens is 3. The number of carboxylic acids is 1. The number of nitrogens with zero attached hydrogens (tertiary/aromatic N) is 4. The summed E-state index contributed by atoms with van der Waals surface area (Å²) in [5.41, 5.74) is -1.51. The predicted molar refractivity (Wildman–Crippen MR) is 210 cm³/mol. The fourth-order valence-electron chi connectivity index (χ4n) is 7.95. The first-order chi connectivity index (χ1) is 26.5. The molecule has 3 amide bonds. The molecule has 3 aromatic rings. The van der Waals surface area contributed by atoms with Gasteiger partial charge in [0, 0.05) is 29.8 Å². The van der Waals surface area contributed by atoms with Crippen molar-refractivity contribution in [3.63, 3.8) is 0 Å². The van der Waals surface area contributed by atoms with Gasteiger partial charge in [-0.3, -0.25) is 9.59 Å². The van der Waals surface area contributed by atoms with Gasteiger partial charge in [0.15, 0.2) is 5.01 Å². The summed E-state index contributed by atoms with van der Waals surface area (Å²) in [7, 11) is 1.50. The number of fused-ring (bicyclic) bond motifs is 2. The molecule has 0 radical (unpaired) electrons. The summed E-state index contributed by atoms with van der Waals surface area (Å²) in [4.78, 5) is 60.6. The second kappa shape index (κ2) is 15.0. The number of pyridine rings is 1. The van der Waals surface area contributed by atoms with Crippen molar-refractivity contribution in [1.82, 2.24) is 30.7 Å². The minimum Gasteiger partial charge on any atom is -0.495 e. The highest BCUT2D eigenvalue weighted by Gasteiger charge is 2.61. The Morgan fingerprint density at radius 3 is 2.45 bits per heavy atom. The lowest BCUT2D eigenvalue weighted by Crippen LogP contribution is -2.59. The van der Waals surface area contributed by atoms with Crippen molar-refractivity contribution < 1.29 is 38.5 Å². The van der Waals surface area contributed by atoms with E-state index in [2.05, 4.69) is 32.7 Å². The number of amides is 3. The Morgan fingerprint density at radius 1 is 1.09 bits per heavy atom. The van der Waals surface area contributed by atoms with E-state index in [1.807, 2.05) is 34.6 Å². The summed E-state index contributed by atoms with van der Waals surface area (Å²) in [6.07, 6.45) is 2.84. The number of likely N-dealkylation sites (tertiary alicyclic amines) is 1. The van der Waals surface area contributed by atoms with Crippen LogP contribution in [0.4, 0.5) is 9.93 Å². The first-order valence-corrected chi connectivity index (χ1v) is 20.1. The molecule has 56 heavy (non-hydrogen) atoms. The van der Waals surface area contributed by atoms with E-state index in [0.717, 1.165) is 12.8 Å². The molecule has 3 saturated carbocycles. The molecule has 3 heterocycles. The van der Waals surface area contributed by atoms with Crippen LogP contribution in [0.2, 0.25) is 5.02 Å². The van der Waals surface area contributed by atoms with Crippen LogP contribution in [-0.4, -0.2) is 98.6 Å². The third kappa shape index (κ3) is 7.82. The number of nitrogens with one attached hydrogen (secondary N) is 3. The lowest BCUT2D eigenvalue weighted by molar-refractivity contribution is -0.146. The van der Waals surface area contributed by atoms with E-state index >= 15 is 0 Å². The highest BCUT2D eigenvalue weighted by atomic mass is 35.5. The number of carboxylic acid groups (broad SMARTS) is 1. The Labute approximate surface area is 333 Å². The zero-order chi connectivity index (χ0) is 40.3. The molecule has 7 rings (SSSR count). The van der Waals surface area contributed by atoms with Crippen LogP contribution in [0.25, 0.3) is 21.6 Å². The molecule has 15 nitrogen and oxygen atoms in total. The Balaban J connectivity index is 1.20. The van der Waals surface area contributed by atoms with Gasteiger partial charge in [0.2, 0.25) is 16.9 Å². The predicted octanol–water partition coefficient (Wildman–Crippen LogP) is 5.67. The number of benzene rings is 1. The summed E-state index contributed by atoms with van der Waals surface area (Å²) < 4.78 is 17.9. The number of carbonyl (C=O) groups excluding carboxylic acids is 3. The number of ether oxygens (including phenoxy) is 3. The third-order valence-corrected chi connectivity index (χ3v) is 12.4. The van der Waals surface area contributed by atoms with Gasteiger partial charge < -0.3 is 40.2 Å². The Morgan fingerprint density at radius 2 is 1.82 bits per heavy atom. The van der Waals surface area contributed by atoms with Crippen LogP contribution in [-0.2, 0) is 19.1 Å². The number of halogens is 1. The number of carbonyl (C=O) groups is 4. The molecule has 1 saturated heterocycles. The van der Waals surface area contributed by atoms with E-state index < -0.39 is 58.9 Å². The summed E-state index contributed by atoms with van der Waals surface area (Å²) in [6, 6.07) is 3.08. The van der Waals surface area contributed by atoms with Crippen molar-refractivity contribution in [3.8, 4) is 22.2 Å². The second-order valence-corrected chi connectivity index (χ2v) is 18.0. The largest absolute Gasteiger partial charge is 0.495 e. The average Bonchev–Trinajstić information content (AvgIpc) is 3.80. The van der Waals surface area contributed by atoms with Gasteiger partial charge in [0.1, 0.15) is 52.0 Å². The van der Waals surface area contributed by atoms with Crippen molar-refractivity contribution in [2.24, 2.45) is 23.2 Å². The highest BCUT2D eigenvalue weighted by molar-refractivity contribution is 7.18. The maximum atomic E-state index is 14.6. The molecule has 2 aromatic heterocycles. The minimum absolute atomic E-state index is 0.0164. The van der Waals surface area contributed by atoms with Gasteiger partial charge in [-0.15, -0.1) is 16.8 Å². The van der Waals surface area contributed by atoms with Gasteiger partial charge >= 0.3 is 12.1 Å². The van der Waals surface area contributed by atoms with Gasteiger partial charge in [-0.05, 0) is 68.9 Å². The number of aliphatic carboxylic acids is 1. The second-order valence-electron chi connectivity index (χ2n) is 16.7. The maximum absolute atomic E-state index is 14.6. The lowest BCUT2D eigenvalue weighted by Gasteiger charge is -2.35. The number of hydrogen-bond donors (Lipinski definition) is 4. The zero-order valence-electron chi connectivity index (χ0n) is 32.3. The SMILES string of the molecule is C=CC1C[C@]1(NC(=O)C1C[C@@H](Oc2cc(-c3nnc(NC(C)C)s3)nc3c(Cl)c(OC)ccc23)CN1C(=O)[C@@H](NC(=O)OC1C[C@@H]2C[C@@H]2C1)C(C)(C)C)C(=O)O. The highest BCUT2D eigenvalue weighted by Crippen LogP contribution is 2.52. The smallest absolute Gasteiger partial charge is 0.408 e. The van der Waals surface area contributed by atoms with Crippen LogP contribution < -0.4 is 25.4 Å². The normalized spacial score (nSPS) is 27.0. The molecule has 1 aromatic carbocycles. The number of anilines is 1. The van der Waals surface area contributed by atoms with Crippen LogP contribution in [0.15, 0.2) is 30.9 Å². The monoisotopic (exact) mass is 809 g/mol. The van der Waals surface area contributed by atoms with Crippen LogP contribution in [0, 0.1) is 23.2 Å². The summed E-state index contributed by atoms with van der Waals surface area (Å²) in [6.45, 7) is 13.1. The van der Waals surface area contributed by atoms with Crippen molar-refractivity contribution in [1.29, 1.82) is 0 Å². The molecule has 17 heteroatoms. The Hall–Kier alpha value is -4.70. The first-order valence-electron chi connectivity index (χ1n) is 18.9. The van der Waals surface area contributed by atoms with E-state index in [-0.39, 0.29) is 36.6 Å². The Kier molecular flexibility index (Phi) is 10.6. The molecule has 0 bridgehead atoms. The van der Waals surface area contributed by atoms with Crippen molar-refractivity contribution in [2.45, 2.75) is 103 Å². The summed E-state index contributed by atoms with van der Waals surface area (Å²) in [5, 5.41) is 29.4. The molecule has 4 N–H and O–H groups in total. The fourth-order valence-corrected chi connectivity index (χ4v) is 9.09. The van der Waals surface area contributed by atoms with Gasteiger partial charge in [0.05, 0.1) is 19.2 Å². The van der Waals surface area contributed by atoms with Gasteiger partial charge in [-0.2, -0.15) is 0 Å². The van der Waals surface area contributed by atoms with Crippen LogP contribution in [0.5, 0.6) is 11.5 Å². The maximum Gasteiger partial charge on any atom is 0.408 e. The van der Waals surface area contributed by atoms with Crippen molar-refractivity contribution in [2.75, 3.05) is 19.0 Å². The van der Waals surface area contributed by atoms with E-state index in [9.17, 15) is 24.3 Å². The van der Waals surface area contributed by atoms with Crippen molar-refractivity contribution in [3.05, 3.63) is 35.9 Å². The minimum atomic E-state index is -1.53. The molecular weight excluding hydrogens is 762 g/mol. The zero-order valence-corrected chi connectivity index (χ0v) is 33.8. The summed E-state index contributed by atoms with van der Waals surface area (Å²) >= 11 is 8.10. The van der Waals surface area contributed by atoms with Crippen LogP contribution in [0.3, 0.4) is 0 Å². The number of hydrogen-bond acceptors (Lipinski definition) is 12. The third-order valence-electron chi connectivity index (χ3n) is 11.1. The number of rotatable bonds is 13. The molecule has 3 unspecified atom stereocenters. The van der Waals surface area contributed by atoms with Gasteiger partial charge in [-0.1, -0.05) is 49.8 Å². The molecule has 3 aliphatic carbocycles. The fraction of sp³-hybridized carbons (Fsp3) is 0.564. The molecule has 4 fully saturated rings. The van der Waals surface area contributed by atoms with E-state index in [4.69, 9.17) is 30.8 Å². The van der Waals surface area contributed by atoms with E-state index in [0.29, 0.717) is 50.1 Å². The average molecular weight is 810 g/mol. The lowest BCUT2D eigenvalue weighted by atomic mass is 9.85.